The third-order valence-corrected chi connectivity index (χ3v) is 3.02. The number of hydrogen-bond acceptors (Lipinski definition) is 4. The molecule has 5 nitrogen and oxygen atoms in total. The van der Waals surface area contributed by atoms with Gasteiger partial charge in [-0.05, 0) is 31.5 Å². The molecule has 1 aliphatic heterocycles. The molecule has 1 atom stereocenters. The monoisotopic (exact) mass is 251 g/mol. The van der Waals surface area contributed by atoms with Crippen molar-refractivity contribution < 1.29 is 19.4 Å². The molecule has 0 spiro atoms. The number of nitrogens with one attached hydrogen (secondary N) is 1. The molecule has 0 saturated carbocycles. The summed E-state index contributed by atoms with van der Waals surface area (Å²) in [6, 6.07) is 5.14. The van der Waals surface area contributed by atoms with Crippen LogP contribution in [0, 0.1) is 0 Å². The van der Waals surface area contributed by atoms with Gasteiger partial charge in [-0.3, -0.25) is 0 Å². The fourth-order valence-corrected chi connectivity index (χ4v) is 2.08. The highest BCUT2D eigenvalue weighted by atomic mass is 16.5. The molecule has 0 bridgehead atoms. The lowest BCUT2D eigenvalue weighted by atomic mass is 10.2. The molecule has 0 aliphatic carbocycles. The van der Waals surface area contributed by atoms with Crippen LogP contribution in [0.3, 0.4) is 0 Å². The lowest BCUT2D eigenvalue weighted by Gasteiger charge is -2.16. The number of methoxy groups -OCH3 is 1. The highest BCUT2D eigenvalue weighted by molar-refractivity contribution is 5.92. The van der Waals surface area contributed by atoms with Gasteiger partial charge in [0.25, 0.3) is 0 Å². The maximum atomic E-state index is 11.1. The van der Waals surface area contributed by atoms with Crippen LogP contribution in [0.4, 0.5) is 0 Å². The number of carboxylic acids is 1. The highest BCUT2D eigenvalue weighted by Gasteiger charge is 2.19. The predicted molar refractivity (Wildman–Crippen MR) is 66.5 cm³/mol. The van der Waals surface area contributed by atoms with Crippen LogP contribution < -0.4 is 14.8 Å². The summed E-state index contributed by atoms with van der Waals surface area (Å²) in [5.74, 6) is -0.252. The van der Waals surface area contributed by atoms with Crippen molar-refractivity contribution in [2.45, 2.75) is 18.9 Å². The topological polar surface area (TPSA) is 67.8 Å². The van der Waals surface area contributed by atoms with Crippen LogP contribution in [-0.4, -0.2) is 37.4 Å². The molecule has 2 N–H and O–H groups in total. The molecule has 98 valence electrons. The highest BCUT2D eigenvalue weighted by Crippen LogP contribution is 2.31. The zero-order valence-corrected chi connectivity index (χ0v) is 10.3. The van der Waals surface area contributed by atoms with Gasteiger partial charge in [0.2, 0.25) is 0 Å². The second-order valence-corrected chi connectivity index (χ2v) is 4.25. The van der Waals surface area contributed by atoms with Crippen LogP contribution in [0.15, 0.2) is 18.2 Å². The molecule has 0 aromatic heterocycles. The minimum Gasteiger partial charge on any atom is -0.493 e. The van der Waals surface area contributed by atoms with Gasteiger partial charge in [-0.1, -0.05) is 6.07 Å². The van der Waals surface area contributed by atoms with Gasteiger partial charge in [0.05, 0.1) is 7.11 Å². The second-order valence-electron chi connectivity index (χ2n) is 4.25. The Bertz CT molecular complexity index is 427. The van der Waals surface area contributed by atoms with Crippen molar-refractivity contribution in [2.24, 2.45) is 0 Å². The Kier molecular flexibility index (Phi) is 4.04. The summed E-state index contributed by atoms with van der Waals surface area (Å²) in [5.41, 5.74) is 0.132. The van der Waals surface area contributed by atoms with E-state index in [1.54, 1.807) is 12.1 Å². The number of para-hydroxylation sites is 1. The first-order valence-electron chi connectivity index (χ1n) is 5.99. The quantitative estimate of drug-likeness (QED) is 0.830. The summed E-state index contributed by atoms with van der Waals surface area (Å²) >= 11 is 0. The molecule has 0 amide bonds. The van der Waals surface area contributed by atoms with E-state index in [1.807, 2.05) is 0 Å². The number of hydrogen-bond donors (Lipinski definition) is 2. The van der Waals surface area contributed by atoms with Crippen molar-refractivity contribution in [3.05, 3.63) is 23.8 Å². The minimum absolute atomic E-state index is 0.132. The Labute approximate surface area is 106 Å². The zero-order chi connectivity index (χ0) is 13.0. The average Bonchev–Trinajstić information content (AvgIpc) is 2.88. The molecular weight excluding hydrogens is 234 g/mol. The van der Waals surface area contributed by atoms with E-state index >= 15 is 0 Å². The number of aromatic carboxylic acids is 1. The molecule has 1 fully saturated rings. The summed E-state index contributed by atoms with van der Waals surface area (Å²) in [6.07, 6.45) is 2.18. The zero-order valence-electron chi connectivity index (χ0n) is 10.3. The van der Waals surface area contributed by atoms with Crippen LogP contribution in [-0.2, 0) is 0 Å². The van der Waals surface area contributed by atoms with Gasteiger partial charge in [0.15, 0.2) is 11.5 Å². The van der Waals surface area contributed by atoms with Gasteiger partial charge in [-0.2, -0.15) is 0 Å². The molecular formula is C13H17NO4. The lowest BCUT2D eigenvalue weighted by molar-refractivity contribution is 0.0691. The molecule has 1 aliphatic rings. The van der Waals surface area contributed by atoms with Crippen molar-refractivity contribution in [3.8, 4) is 11.5 Å². The molecule has 1 aromatic rings. The van der Waals surface area contributed by atoms with Crippen molar-refractivity contribution in [3.63, 3.8) is 0 Å². The normalized spacial score (nSPS) is 18.6. The van der Waals surface area contributed by atoms with E-state index in [0.29, 0.717) is 18.1 Å². The van der Waals surface area contributed by atoms with Crippen LogP contribution >= 0.6 is 0 Å². The van der Waals surface area contributed by atoms with E-state index in [4.69, 9.17) is 14.6 Å². The maximum absolute atomic E-state index is 11.1. The minimum atomic E-state index is -1.01. The molecule has 2 rings (SSSR count). The largest absolute Gasteiger partial charge is 0.493 e. The Morgan fingerprint density at radius 1 is 1.56 bits per heavy atom. The summed E-state index contributed by atoms with van der Waals surface area (Å²) in [5, 5.41) is 12.4. The van der Waals surface area contributed by atoms with Crippen molar-refractivity contribution in [2.75, 3.05) is 20.3 Å². The molecule has 1 unspecified atom stereocenters. The van der Waals surface area contributed by atoms with E-state index in [1.165, 1.54) is 13.2 Å². The van der Waals surface area contributed by atoms with Crippen LogP contribution in [0.1, 0.15) is 23.2 Å². The fourth-order valence-electron chi connectivity index (χ4n) is 2.08. The Balaban J connectivity index is 2.15. The van der Waals surface area contributed by atoms with Gasteiger partial charge >= 0.3 is 5.97 Å². The lowest BCUT2D eigenvalue weighted by Crippen LogP contribution is -2.28. The third kappa shape index (κ3) is 2.73. The van der Waals surface area contributed by atoms with Gasteiger partial charge in [-0.25, -0.2) is 4.79 Å². The van der Waals surface area contributed by atoms with Gasteiger partial charge in [-0.15, -0.1) is 0 Å². The summed E-state index contributed by atoms with van der Waals surface area (Å²) in [6.45, 7) is 1.45. The Morgan fingerprint density at radius 3 is 3.00 bits per heavy atom. The second kappa shape index (κ2) is 5.73. The van der Waals surface area contributed by atoms with Gasteiger partial charge < -0.3 is 19.9 Å². The van der Waals surface area contributed by atoms with Crippen LogP contribution in [0.5, 0.6) is 11.5 Å². The first-order valence-corrected chi connectivity index (χ1v) is 5.99. The number of carboxylic acid groups (broad SMARTS) is 1. The number of benzene rings is 1. The number of ether oxygens (including phenoxy) is 2. The van der Waals surface area contributed by atoms with Crippen LogP contribution in [0.25, 0.3) is 0 Å². The first kappa shape index (κ1) is 12.7. The summed E-state index contributed by atoms with van der Waals surface area (Å²) < 4.78 is 10.8. The van der Waals surface area contributed by atoms with Gasteiger partial charge in [0.1, 0.15) is 12.2 Å². The molecule has 18 heavy (non-hydrogen) atoms. The fraction of sp³-hybridized carbons (Fsp3) is 0.462. The summed E-state index contributed by atoms with van der Waals surface area (Å²) in [4.78, 5) is 11.1. The molecule has 0 radical (unpaired) electrons. The van der Waals surface area contributed by atoms with Gasteiger partial charge in [0, 0.05) is 6.04 Å². The van der Waals surface area contributed by atoms with Crippen molar-refractivity contribution in [1.82, 2.24) is 5.32 Å². The van der Waals surface area contributed by atoms with E-state index in [-0.39, 0.29) is 11.6 Å². The van der Waals surface area contributed by atoms with E-state index < -0.39 is 5.97 Å². The third-order valence-electron chi connectivity index (χ3n) is 3.02. The maximum Gasteiger partial charge on any atom is 0.339 e. The number of carbonyl (C=O) groups is 1. The van der Waals surface area contributed by atoms with Crippen molar-refractivity contribution in [1.29, 1.82) is 0 Å². The summed E-state index contributed by atoms with van der Waals surface area (Å²) in [7, 11) is 1.50. The SMILES string of the molecule is COc1cccc(C(=O)O)c1OCC1CCCN1. The van der Waals surface area contributed by atoms with E-state index in [9.17, 15) is 4.79 Å². The molecule has 1 saturated heterocycles. The molecule has 1 heterocycles. The van der Waals surface area contributed by atoms with E-state index in [2.05, 4.69) is 5.32 Å². The Hall–Kier alpha value is -1.75. The molecule has 5 heteroatoms. The first-order chi connectivity index (χ1) is 8.72. The predicted octanol–water partition coefficient (Wildman–Crippen LogP) is 1.52. The molecule has 1 aromatic carbocycles. The van der Waals surface area contributed by atoms with Crippen LogP contribution in [0.2, 0.25) is 0 Å². The standard InChI is InChI=1S/C13H17NO4/c1-17-11-6-2-5-10(13(15)16)12(11)18-8-9-4-3-7-14-9/h2,5-6,9,14H,3-4,7-8H2,1H3,(H,15,16). The Morgan fingerprint density at radius 2 is 2.39 bits per heavy atom. The number of rotatable bonds is 5. The van der Waals surface area contributed by atoms with E-state index in [0.717, 1.165) is 19.4 Å². The van der Waals surface area contributed by atoms with Crippen molar-refractivity contribution >= 4 is 5.97 Å². The smallest absolute Gasteiger partial charge is 0.339 e. The average molecular weight is 251 g/mol.